The standard InChI is InChI=1S/C13H16O4/c1-9-7-12(17-3)10(8-11(9)16-2)5-4-6-13(14)15/h4-5,7-8H,6H2,1-3H3,(H,14,15)/b5-4+. The second-order valence-electron chi connectivity index (χ2n) is 3.56. The molecule has 0 radical (unpaired) electrons. The normalized spacial score (nSPS) is 10.5. The summed E-state index contributed by atoms with van der Waals surface area (Å²) in [4.78, 5) is 10.4. The third kappa shape index (κ3) is 3.52. The molecule has 0 aliphatic heterocycles. The highest BCUT2D eigenvalue weighted by Crippen LogP contribution is 2.29. The first-order valence-electron chi connectivity index (χ1n) is 5.19. The summed E-state index contributed by atoms with van der Waals surface area (Å²) in [5.41, 5.74) is 1.77. The lowest BCUT2D eigenvalue weighted by molar-refractivity contribution is -0.135. The van der Waals surface area contributed by atoms with Crippen molar-refractivity contribution in [2.24, 2.45) is 0 Å². The second-order valence-corrected chi connectivity index (χ2v) is 3.56. The van der Waals surface area contributed by atoms with E-state index >= 15 is 0 Å². The smallest absolute Gasteiger partial charge is 0.307 e. The molecule has 17 heavy (non-hydrogen) atoms. The number of aliphatic carboxylic acids is 1. The summed E-state index contributed by atoms with van der Waals surface area (Å²) >= 11 is 0. The van der Waals surface area contributed by atoms with Crippen LogP contribution in [0.4, 0.5) is 0 Å². The van der Waals surface area contributed by atoms with Gasteiger partial charge < -0.3 is 14.6 Å². The molecule has 4 nitrogen and oxygen atoms in total. The van der Waals surface area contributed by atoms with E-state index in [0.29, 0.717) is 5.75 Å². The average molecular weight is 236 g/mol. The van der Waals surface area contributed by atoms with Crippen LogP contribution in [0.2, 0.25) is 0 Å². The van der Waals surface area contributed by atoms with Crippen molar-refractivity contribution in [3.05, 3.63) is 29.3 Å². The van der Waals surface area contributed by atoms with Gasteiger partial charge in [-0.2, -0.15) is 0 Å². The predicted molar refractivity (Wildman–Crippen MR) is 65.6 cm³/mol. The maximum Gasteiger partial charge on any atom is 0.307 e. The molecule has 4 heteroatoms. The molecule has 0 bridgehead atoms. The molecule has 0 fully saturated rings. The molecule has 0 spiro atoms. The zero-order valence-corrected chi connectivity index (χ0v) is 10.2. The third-order valence-corrected chi connectivity index (χ3v) is 2.34. The van der Waals surface area contributed by atoms with E-state index in [1.54, 1.807) is 26.4 Å². The quantitative estimate of drug-likeness (QED) is 0.853. The summed E-state index contributed by atoms with van der Waals surface area (Å²) in [7, 11) is 3.18. The molecule has 0 atom stereocenters. The van der Waals surface area contributed by atoms with Crippen molar-refractivity contribution in [3.63, 3.8) is 0 Å². The molecule has 1 aromatic carbocycles. The van der Waals surface area contributed by atoms with Gasteiger partial charge in [0, 0.05) is 5.56 Å². The minimum atomic E-state index is -0.862. The highest BCUT2D eigenvalue weighted by Gasteiger charge is 2.06. The lowest BCUT2D eigenvalue weighted by atomic mass is 10.1. The minimum absolute atomic E-state index is 0.0145. The van der Waals surface area contributed by atoms with Gasteiger partial charge in [0.05, 0.1) is 20.6 Å². The maximum absolute atomic E-state index is 10.4. The minimum Gasteiger partial charge on any atom is -0.496 e. The predicted octanol–water partition coefficient (Wildman–Crippen LogP) is 2.50. The molecule has 1 rings (SSSR count). The van der Waals surface area contributed by atoms with Gasteiger partial charge in [-0.25, -0.2) is 0 Å². The van der Waals surface area contributed by atoms with Crippen LogP contribution in [0.1, 0.15) is 17.5 Å². The van der Waals surface area contributed by atoms with E-state index in [9.17, 15) is 4.79 Å². The van der Waals surface area contributed by atoms with Crippen molar-refractivity contribution < 1.29 is 19.4 Å². The van der Waals surface area contributed by atoms with Crippen molar-refractivity contribution in [1.29, 1.82) is 0 Å². The van der Waals surface area contributed by atoms with E-state index < -0.39 is 5.97 Å². The van der Waals surface area contributed by atoms with Crippen molar-refractivity contribution in [1.82, 2.24) is 0 Å². The number of rotatable bonds is 5. The number of hydrogen-bond donors (Lipinski definition) is 1. The number of benzene rings is 1. The summed E-state index contributed by atoms with van der Waals surface area (Å²) < 4.78 is 10.4. The van der Waals surface area contributed by atoms with Gasteiger partial charge in [-0.1, -0.05) is 12.2 Å². The topological polar surface area (TPSA) is 55.8 Å². The van der Waals surface area contributed by atoms with Crippen LogP contribution in [0.25, 0.3) is 6.08 Å². The zero-order chi connectivity index (χ0) is 12.8. The molecule has 0 saturated heterocycles. The lowest BCUT2D eigenvalue weighted by Gasteiger charge is -2.10. The Bertz CT molecular complexity index is 435. The second kappa shape index (κ2) is 5.94. The number of aryl methyl sites for hydroxylation is 1. The molecule has 0 aromatic heterocycles. The van der Waals surface area contributed by atoms with E-state index in [-0.39, 0.29) is 6.42 Å². The van der Waals surface area contributed by atoms with Crippen molar-refractivity contribution in [2.45, 2.75) is 13.3 Å². The van der Waals surface area contributed by atoms with Crippen LogP contribution in [-0.4, -0.2) is 25.3 Å². The number of ether oxygens (including phenoxy) is 2. The fourth-order valence-corrected chi connectivity index (χ4v) is 1.49. The molecule has 92 valence electrons. The van der Waals surface area contributed by atoms with Crippen LogP contribution in [-0.2, 0) is 4.79 Å². The Morgan fingerprint density at radius 1 is 1.29 bits per heavy atom. The van der Waals surface area contributed by atoms with Crippen LogP contribution >= 0.6 is 0 Å². The Morgan fingerprint density at radius 2 is 1.94 bits per heavy atom. The van der Waals surface area contributed by atoms with Crippen molar-refractivity contribution in [2.75, 3.05) is 14.2 Å². The van der Waals surface area contributed by atoms with Gasteiger partial charge in [0.25, 0.3) is 0 Å². The molecular formula is C13H16O4. The van der Waals surface area contributed by atoms with E-state index in [2.05, 4.69) is 0 Å². The fourth-order valence-electron chi connectivity index (χ4n) is 1.49. The highest BCUT2D eigenvalue weighted by molar-refractivity contribution is 5.71. The Morgan fingerprint density at radius 3 is 2.47 bits per heavy atom. The average Bonchev–Trinajstić information content (AvgIpc) is 2.30. The first kappa shape index (κ1) is 13.1. The number of carboxylic acids is 1. The summed E-state index contributed by atoms with van der Waals surface area (Å²) in [6, 6.07) is 3.69. The molecule has 1 N–H and O–H groups in total. The lowest BCUT2D eigenvalue weighted by Crippen LogP contribution is -1.93. The first-order chi connectivity index (χ1) is 8.08. The van der Waals surface area contributed by atoms with Crippen LogP contribution in [0.15, 0.2) is 18.2 Å². The molecule has 0 amide bonds. The molecule has 0 heterocycles. The zero-order valence-electron chi connectivity index (χ0n) is 10.2. The Balaban J connectivity index is 3.03. The van der Waals surface area contributed by atoms with Crippen LogP contribution in [0.5, 0.6) is 11.5 Å². The van der Waals surface area contributed by atoms with Crippen molar-refractivity contribution in [3.8, 4) is 11.5 Å². The van der Waals surface area contributed by atoms with Gasteiger partial charge in [0.2, 0.25) is 0 Å². The molecule has 0 aliphatic rings. The van der Waals surface area contributed by atoms with Crippen LogP contribution in [0.3, 0.4) is 0 Å². The SMILES string of the molecule is COc1cc(/C=C/CC(=O)O)c(OC)cc1C. The molecule has 0 aliphatic carbocycles. The van der Waals surface area contributed by atoms with Gasteiger partial charge in [-0.3, -0.25) is 4.79 Å². The van der Waals surface area contributed by atoms with Crippen LogP contribution < -0.4 is 9.47 Å². The summed E-state index contributed by atoms with van der Waals surface area (Å²) in [5.74, 6) is 0.588. The molecule has 0 saturated carbocycles. The van der Waals surface area contributed by atoms with E-state index in [0.717, 1.165) is 16.9 Å². The summed E-state index contributed by atoms with van der Waals surface area (Å²) in [6.07, 6.45) is 3.28. The van der Waals surface area contributed by atoms with E-state index in [4.69, 9.17) is 14.6 Å². The first-order valence-corrected chi connectivity index (χ1v) is 5.19. The maximum atomic E-state index is 10.4. The Kier molecular flexibility index (Phi) is 4.57. The van der Waals surface area contributed by atoms with Gasteiger partial charge in [-0.15, -0.1) is 0 Å². The van der Waals surface area contributed by atoms with Gasteiger partial charge in [0.15, 0.2) is 0 Å². The van der Waals surface area contributed by atoms with Gasteiger partial charge >= 0.3 is 5.97 Å². The van der Waals surface area contributed by atoms with Gasteiger partial charge in [-0.05, 0) is 24.6 Å². The van der Waals surface area contributed by atoms with Crippen molar-refractivity contribution >= 4 is 12.0 Å². The number of methoxy groups -OCH3 is 2. The molecular weight excluding hydrogens is 220 g/mol. The number of hydrogen-bond acceptors (Lipinski definition) is 3. The number of carbonyl (C=O) groups is 1. The monoisotopic (exact) mass is 236 g/mol. The van der Waals surface area contributed by atoms with E-state index in [1.807, 2.05) is 19.1 Å². The highest BCUT2D eigenvalue weighted by atomic mass is 16.5. The van der Waals surface area contributed by atoms with Crippen LogP contribution in [0, 0.1) is 6.92 Å². The third-order valence-electron chi connectivity index (χ3n) is 2.34. The van der Waals surface area contributed by atoms with E-state index in [1.165, 1.54) is 0 Å². The van der Waals surface area contributed by atoms with Gasteiger partial charge in [0.1, 0.15) is 11.5 Å². The Hall–Kier alpha value is -1.97. The largest absolute Gasteiger partial charge is 0.496 e. The fraction of sp³-hybridized carbons (Fsp3) is 0.308. The molecule has 0 unspecified atom stereocenters. The Labute approximate surface area is 100 Å². The summed E-state index contributed by atoms with van der Waals surface area (Å²) in [5, 5.41) is 8.56. The molecule has 1 aromatic rings. The summed E-state index contributed by atoms with van der Waals surface area (Å²) in [6.45, 7) is 1.92. The number of carboxylic acid groups (broad SMARTS) is 1.